The van der Waals surface area contributed by atoms with Gasteiger partial charge in [-0.05, 0) is 12.8 Å². The summed E-state index contributed by atoms with van der Waals surface area (Å²) < 4.78 is 16.7. The highest BCUT2D eigenvalue weighted by atomic mass is 16.6. The minimum absolute atomic E-state index is 0.213. The number of rotatable bonds is 10. The zero-order valence-corrected chi connectivity index (χ0v) is 12.1. The Morgan fingerprint density at radius 1 is 1.16 bits per heavy atom. The SMILES string of the molecule is CCCCOCC(OCCCC)[C@@H]1C[C@@H](O)[C@@H](O)O1. The molecule has 19 heavy (non-hydrogen) atoms. The monoisotopic (exact) mass is 276 g/mol. The van der Waals surface area contributed by atoms with Gasteiger partial charge in [-0.15, -0.1) is 0 Å². The summed E-state index contributed by atoms with van der Waals surface area (Å²) in [6.07, 6.45) is 2.16. The van der Waals surface area contributed by atoms with Crippen molar-refractivity contribution < 1.29 is 24.4 Å². The maximum absolute atomic E-state index is 9.53. The molecule has 0 saturated carbocycles. The first kappa shape index (κ1) is 16.9. The summed E-state index contributed by atoms with van der Waals surface area (Å²) in [5, 5.41) is 19.0. The molecular weight excluding hydrogens is 248 g/mol. The summed E-state index contributed by atoms with van der Waals surface area (Å²) in [6, 6.07) is 0. The van der Waals surface area contributed by atoms with Crippen molar-refractivity contribution in [2.24, 2.45) is 0 Å². The number of aliphatic hydroxyl groups excluding tert-OH is 2. The van der Waals surface area contributed by atoms with E-state index in [1.165, 1.54) is 0 Å². The molecule has 114 valence electrons. The molecule has 1 aliphatic rings. The van der Waals surface area contributed by atoms with Gasteiger partial charge in [0.2, 0.25) is 0 Å². The fraction of sp³-hybridized carbons (Fsp3) is 1.00. The fourth-order valence-electron chi connectivity index (χ4n) is 2.01. The molecule has 0 aromatic heterocycles. The van der Waals surface area contributed by atoms with E-state index in [9.17, 15) is 10.2 Å². The first-order valence-corrected chi connectivity index (χ1v) is 7.40. The van der Waals surface area contributed by atoms with Gasteiger partial charge in [0.15, 0.2) is 6.29 Å². The van der Waals surface area contributed by atoms with Crippen LogP contribution in [0.5, 0.6) is 0 Å². The van der Waals surface area contributed by atoms with Gasteiger partial charge >= 0.3 is 0 Å². The molecule has 5 heteroatoms. The summed E-state index contributed by atoms with van der Waals surface area (Å²) in [5.41, 5.74) is 0. The van der Waals surface area contributed by atoms with E-state index in [4.69, 9.17) is 14.2 Å². The van der Waals surface area contributed by atoms with Crippen LogP contribution in [0.3, 0.4) is 0 Å². The Morgan fingerprint density at radius 3 is 2.42 bits per heavy atom. The van der Waals surface area contributed by atoms with E-state index in [1.54, 1.807) is 0 Å². The number of aliphatic hydroxyl groups is 2. The van der Waals surface area contributed by atoms with Crippen LogP contribution in [-0.4, -0.2) is 54.6 Å². The normalized spacial score (nSPS) is 28.7. The molecule has 0 bridgehead atoms. The van der Waals surface area contributed by atoms with Gasteiger partial charge in [-0.25, -0.2) is 0 Å². The average molecular weight is 276 g/mol. The van der Waals surface area contributed by atoms with Crippen LogP contribution in [-0.2, 0) is 14.2 Å². The van der Waals surface area contributed by atoms with Crippen molar-refractivity contribution in [1.82, 2.24) is 0 Å². The smallest absolute Gasteiger partial charge is 0.181 e. The second-order valence-electron chi connectivity index (χ2n) is 5.06. The van der Waals surface area contributed by atoms with Gasteiger partial charge in [0.1, 0.15) is 12.2 Å². The average Bonchev–Trinajstić information content (AvgIpc) is 2.72. The molecule has 0 aromatic carbocycles. The van der Waals surface area contributed by atoms with E-state index in [-0.39, 0.29) is 12.2 Å². The van der Waals surface area contributed by atoms with Gasteiger partial charge in [-0.1, -0.05) is 26.7 Å². The van der Waals surface area contributed by atoms with Crippen molar-refractivity contribution in [3.05, 3.63) is 0 Å². The summed E-state index contributed by atoms with van der Waals surface area (Å²) in [7, 11) is 0. The van der Waals surface area contributed by atoms with Gasteiger partial charge < -0.3 is 24.4 Å². The predicted molar refractivity (Wildman–Crippen MR) is 71.9 cm³/mol. The van der Waals surface area contributed by atoms with Gasteiger partial charge in [0, 0.05) is 19.6 Å². The highest BCUT2D eigenvalue weighted by Gasteiger charge is 2.37. The molecule has 0 spiro atoms. The standard InChI is InChI=1S/C14H28O5/c1-3-5-7-17-10-13(18-8-6-4-2)12-9-11(15)14(16)19-12/h11-16H,3-10H2,1-2H3/t11-,12+,13?,14+/m1/s1. The number of ether oxygens (including phenoxy) is 3. The van der Waals surface area contributed by atoms with Crippen molar-refractivity contribution >= 4 is 0 Å². The second kappa shape index (κ2) is 9.66. The first-order valence-electron chi connectivity index (χ1n) is 7.40. The minimum Gasteiger partial charge on any atom is -0.388 e. The van der Waals surface area contributed by atoms with Crippen LogP contribution in [0.4, 0.5) is 0 Å². The lowest BCUT2D eigenvalue weighted by atomic mass is 10.1. The summed E-state index contributed by atoms with van der Waals surface area (Å²) in [4.78, 5) is 0. The first-order chi connectivity index (χ1) is 9.19. The summed E-state index contributed by atoms with van der Waals surface area (Å²) in [5.74, 6) is 0. The molecule has 1 unspecified atom stereocenters. The van der Waals surface area contributed by atoms with Crippen LogP contribution in [0.15, 0.2) is 0 Å². The van der Waals surface area contributed by atoms with Gasteiger partial charge in [0.25, 0.3) is 0 Å². The van der Waals surface area contributed by atoms with Crippen LogP contribution < -0.4 is 0 Å². The van der Waals surface area contributed by atoms with Crippen molar-refractivity contribution in [3.8, 4) is 0 Å². The fourth-order valence-corrected chi connectivity index (χ4v) is 2.01. The topological polar surface area (TPSA) is 68.2 Å². The third-order valence-electron chi connectivity index (χ3n) is 3.29. The zero-order valence-electron chi connectivity index (χ0n) is 12.1. The third kappa shape index (κ3) is 6.19. The molecule has 0 amide bonds. The van der Waals surface area contributed by atoms with Crippen LogP contribution >= 0.6 is 0 Å². The lowest BCUT2D eigenvalue weighted by molar-refractivity contribution is -0.162. The quantitative estimate of drug-likeness (QED) is 0.591. The van der Waals surface area contributed by atoms with Crippen molar-refractivity contribution in [2.75, 3.05) is 19.8 Å². The van der Waals surface area contributed by atoms with Crippen molar-refractivity contribution in [1.29, 1.82) is 0 Å². The maximum atomic E-state index is 9.53. The molecule has 0 radical (unpaired) electrons. The molecule has 1 rings (SSSR count). The molecule has 2 N–H and O–H groups in total. The molecule has 1 saturated heterocycles. The van der Waals surface area contributed by atoms with Crippen LogP contribution in [0.2, 0.25) is 0 Å². The highest BCUT2D eigenvalue weighted by molar-refractivity contribution is 4.82. The van der Waals surface area contributed by atoms with Crippen molar-refractivity contribution in [2.45, 2.75) is 70.6 Å². The predicted octanol–water partition coefficient (Wildman–Crippen LogP) is 1.46. The second-order valence-corrected chi connectivity index (χ2v) is 5.06. The molecule has 1 heterocycles. The van der Waals surface area contributed by atoms with Gasteiger partial charge in [-0.3, -0.25) is 0 Å². The van der Waals surface area contributed by atoms with E-state index in [1.807, 2.05) is 0 Å². The Kier molecular flexibility index (Phi) is 8.57. The Morgan fingerprint density at radius 2 is 1.84 bits per heavy atom. The Labute approximate surface area is 115 Å². The molecule has 4 atom stereocenters. The Balaban J connectivity index is 2.35. The molecule has 1 fully saturated rings. The third-order valence-corrected chi connectivity index (χ3v) is 3.29. The van der Waals surface area contributed by atoms with E-state index in [0.717, 1.165) is 25.7 Å². The largest absolute Gasteiger partial charge is 0.388 e. The summed E-state index contributed by atoms with van der Waals surface area (Å²) >= 11 is 0. The maximum Gasteiger partial charge on any atom is 0.181 e. The molecule has 5 nitrogen and oxygen atoms in total. The van der Waals surface area contributed by atoms with E-state index >= 15 is 0 Å². The lowest BCUT2D eigenvalue weighted by Gasteiger charge is -2.23. The number of hydrogen-bond donors (Lipinski definition) is 2. The van der Waals surface area contributed by atoms with E-state index in [2.05, 4.69) is 13.8 Å². The minimum atomic E-state index is -1.10. The molecular formula is C14H28O5. The van der Waals surface area contributed by atoms with Crippen LogP contribution in [0.1, 0.15) is 46.0 Å². The van der Waals surface area contributed by atoms with Gasteiger partial charge in [0.05, 0.1) is 12.7 Å². The Hall–Kier alpha value is -0.200. The van der Waals surface area contributed by atoms with E-state index < -0.39 is 12.4 Å². The van der Waals surface area contributed by atoms with Crippen LogP contribution in [0, 0.1) is 0 Å². The van der Waals surface area contributed by atoms with Gasteiger partial charge in [-0.2, -0.15) is 0 Å². The van der Waals surface area contributed by atoms with Crippen molar-refractivity contribution in [3.63, 3.8) is 0 Å². The Bertz CT molecular complexity index is 214. The zero-order chi connectivity index (χ0) is 14.1. The van der Waals surface area contributed by atoms with Crippen LogP contribution in [0.25, 0.3) is 0 Å². The molecule has 0 aliphatic carbocycles. The number of hydrogen-bond acceptors (Lipinski definition) is 5. The molecule has 0 aromatic rings. The summed E-state index contributed by atoms with van der Waals surface area (Å²) in [6.45, 7) is 6.04. The lowest BCUT2D eigenvalue weighted by Crippen LogP contribution is -2.34. The number of unbranched alkanes of at least 4 members (excludes halogenated alkanes) is 2. The van der Waals surface area contributed by atoms with E-state index in [0.29, 0.717) is 26.2 Å². The highest BCUT2D eigenvalue weighted by Crippen LogP contribution is 2.23. The molecule has 1 aliphatic heterocycles.